The fourth-order valence-corrected chi connectivity index (χ4v) is 2.42. The van der Waals surface area contributed by atoms with Gasteiger partial charge in [0.25, 0.3) is 0 Å². The van der Waals surface area contributed by atoms with Gasteiger partial charge in [-0.05, 0) is 11.8 Å². The molecule has 1 rings (SSSR count). The lowest BCUT2D eigenvalue weighted by molar-refractivity contribution is -0.244. The smallest absolute Gasteiger partial charge is 0.329 e. The van der Waals surface area contributed by atoms with Crippen LogP contribution in [0.3, 0.4) is 0 Å². The zero-order valence-electron chi connectivity index (χ0n) is 13.2. The summed E-state index contributed by atoms with van der Waals surface area (Å²) in [4.78, 5) is 32.9. The molecule has 1 amide bonds. The quantitative estimate of drug-likeness (QED) is 0.671. The summed E-state index contributed by atoms with van der Waals surface area (Å²) in [6.07, 6.45) is -1.34. The predicted octanol–water partition coefficient (Wildman–Crippen LogP) is 0.153. The van der Waals surface area contributed by atoms with Gasteiger partial charge in [0.2, 0.25) is 5.91 Å². The molecule has 0 aromatic carbocycles. The van der Waals surface area contributed by atoms with Gasteiger partial charge in [0, 0.05) is 13.8 Å². The topological polar surface area (TPSA) is 111 Å². The third kappa shape index (κ3) is 5.27. The van der Waals surface area contributed by atoms with Gasteiger partial charge in [0.05, 0.1) is 12.1 Å². The van der Waals surface area contributed by atoms with Crippen LogP contribution in [-0.2, 0) is 28.6 Å². The first kappa shape index (κ1) is 18.4. The van der Waals surface area contributed by atoms with E-state index in [-0.39, 0.29) is 24.3 Å². The second-order valence-electron chi connectivity index (χ2n) is 5.49. The third-order valence-corrected chi connectivity index (χ3v) is 3.78. The summed E-state index contributed by atoms with van der Waals surface area (Å²) in [5.41, 5.74) is 0. The Morgan fingerprint density at radius 1 is 1.18 bits per heavy atom. The minimum Gasteiger partial charge on any atom is -0.480 e. The molecule has 2 unspecified atom stereocenters. The molecule has 126 valence electrons. The molecule has 2 N–H and O–H groups in total. The summed E-state index contributed by atoms with van der Waals surface area (Å²) in [5.74, 6) is -1.86. The van der Waals surface area contributed by atoms with Crippen LogP contribution in [0.2, 0.25) is 0 Å². The molecule has 0 aliphatic carbocycles. The van der Waals surface area contributed by atoms with Crippen LogP contribution in [0.1, 0.15) is 27.7 Å². The highest BCUT2D eigenvalue weighted by atomic mass is 16.7. The molecule has 8 nitrogen and oxygen atoms in total. The summed E-state index contributed by atoms with van der Waals surface area (Å²) < 4.78 is 15.9. The van der Waals surface area contributed by atoms with E-state index in [9.17, 15) is 14.4 Å². The fraction of sp³-hybridized carbons (Fsp3) is 0.786. The Kier molecular flexibility index (Phi) is 6.76. The number of aliphatic carboxylic acids is 1. The maximum atomic E-state index is 11.3. The highest BCUT2D eigenvalue weighted by molar-refractivity contribution is 5.73. The van der Waals surface area contributed by atoms with E-state index in [1.165, 1.54) is 13.8 Å². The van der Waals surface area contributed by atoms with Crippen LogP contribution in [0.25, 0.3) is 0 Å². The van der Waals surface area contributed by atoms with Crippen molar-refractivity contribution >= 4 is 17.8 Å². The van der Waals surface area contributed by atoms with Crippen molar-refractivity contribution in [1.82, 2.24) is 5.32 Å². The van der Waals surface area contributed by atoms with Crippen LogP contribution in [0, 0.1) is 11.8 Å². The maximum absolute atomic E-state index is 11.3. The minimum atomic E-state index is -1.13. The number of amides is 1. The summed E-state index contributed by atoms with van der Waals surface area (Å²) >= 11 is 0. The Morgan fingerprint density at radius 3 is 2.32 bits per heavy atom. The van der Waals surface area contributed by atoms with Gasteiger partial charge in [-0.15, -0.1) is 0 Å². The molecular weight excluding hydrogens is 294 g/mol. The molecule has 1 saturated heterocycles. The van der Waals surface area contributed by atoms with Crippen molar-refractivity contribution in [2.24, 2.45) is 11.8 Å². The molecule has 8 heteroatoms. The van der Waals surface area contributed by atoms with Crippen LogP contribution in [0.4, 0.5) is 0 Å². The number of carboxylic acids is 1. The molecule has 1 aliphatic heterocycles. The first-order valence-corrected chi connectivity index (χ1v) is 7.11. The first-order valence-electron chi connectivity index (χ1n) is 7.11. The fourth-order valence-electron chi connectivity index (χ4n) is 2.42. The predicted molar refractivity (Wildman–Crippen MR) is 74.8 cm³/mol. The number of hydrogen-bond acceptors (Lipinski definition) is 6. The number of carbonyl (C=O) groups is 3. The van der Waals surface area contributed by atoms with E-state index in [1.54, 1.807) is 0 Å². The molecule has 0 saturated carbocycles. The van der Waals surface area contributed by atoms with Gasteiger partial charge in [-0.25, -0.2) is 4.79 Å². The number of rotatable bonds is 6. The number of carboxylic acid groups (broad SMARTS) is 1. The first-order chi connectivity index (χ1) is 10.2. The van der Waals surface area contributed by atoms with Crippen molar-refractivity contribution < 1.29 is 33.7 Å². The number of esters is 1. The SMILES string of the molecule is CC(=O)NC1[C@H](OCC(=O)O)OC(COC(C)=O)[C@@H](C)[C@@H]1C. The van der Waals surface area contributed by atoms with E-state index in [4.69, 9.17) is 19.3 Å². The molecule has 1 heterocycles. The van der Waals surface area contributed by atoms with Crippen molar-refractivity contribution in [3.63, 3.8) is 0 Å². The number of ether oxygens (including phenoxy) is 3. The lowest BCUT2D eigenvalue weighted by Gasteiger charge is -2.44. The summed E-state index contributed by atoms with van der Waals surface area (Å²) in [6, 6.07) is -0.472. The Morgan fingerprint density at radius 2 is 1.82 bits per heavy atom. The Balaban J connectivity index is 2.81. The van der Waals surface area contributed by atoms with Crippen molar-refractivity contribution in [3.8, 4) is 0 Å². The molecular formula is C14H23NO7. The van der Waals surface area contributed by atoms with Crippen molar-refractivity contribution in [3.05, 3.63) is 0 Å². The van der Waals surface area contributed by atoms with Gasteiger partial charge in [0.15, 0.2) is 6.29 Å². The molecule has 0 aromatic rings. The van der Waals surface area contributed by atoms with Crippen molar-refractivity contribution in [2.75, 3.05) is 13.2 Å². The second-order valence-corrected chi connectivity index (χ2v) is 5.49. The molecule has 0 radical (unpaired) electrons. The highest BCUT2D eigenvalue weighted by Gasteiger charge is 2.43. The summed E-state index contributed by atoms with van der Waals surface area (Å²) in [5, 5.41) is 11.5. The number of hydrogen-bond donors (Lipinski definition) is 2. The van der Waals surface area contributed by atoms with Gasteiger partial charge < -0.3 is 24.6 Å². The van der Waals surface area contributed by atoms with Gasteiger partial charge in [0.1, 0.15) is 13.2 Å². The highest BCUT2D eigenvalue weighted by Crippen LogP contribution is 2.31. The van der Waals surface area contributed by atoms with E-state index in [0.717, 1.165) is 0 Å². The summed E-state index contributed by atoms with van der Waals surface area (Å²) in [6.45, 7) is 6.02. The zero-order valence-corrected chi connectivity index (χ0v) is 13.2. The minimum absolute atomic E-state index is 0.0131. The summed E-state index contributed by atoms with van der Waals surface area (Å²) in [7, 11) is 0. The van der Waals surface area contributed by atoms with Gasteiger partial charge in [-0.2, -0.15) is 0 Å². The second kappa shape index (κ2) is 8.09. The molecule has 1 fully saturated rings. The maximum Gasteiger partial charge on any atom is 0.329 e. The van der Waals surface area contributed by atoms with Gasteiger partial charge >= 0.3 is 11.9 Å². The molecule has 0 bridgehead atoms. The monoisotopic (exact) mass is 317 g/mol. The normalized spacial score (nSPS) is 31.4. The molecule has 22 heavy (non-hydrogen) atoms. The van der Waals surface area contributed by atoms with Crippen LogP contribution in [0.5, 0.6) is 0 Å². The van der Waals surface area contributed by atoms with Crippen LogP contribution >= 0.6 is 0 Å². The van der Waals surface area contributed by atoms with E-state index >= 15 is 0 Å². The number of carbonyl (C=O) groups excluding carboxylic acids is 2. The molecule has 0 spiro atoms. The van der Waals surface area contributed by atoms with Crippen LogP contribution in [0.15, 0.2) is 0 Å². The standard InChI is InChI=1S/C14H23NO7/c1-7-8(2)13(15-9(3)16)14(21-6-12(18)19)22-11(7)5-20-10(4)17/h7-8,11,13-14H,5-6H2,1-4H3,(H,15,16)(H,18,19)/t7-,8-,11?,13?,14+/m0/s1. The van der Waals surface area contributed by atoms with E-state index in [1.807, 2.05) is 13.8 Å². The lowest BCUT2D eigenvalue weighted by Crippen LogP contribution is -2.58. The van der Waals surface area contributed by atoms with E-state index in [2.05, 4.69) is 5.32 Å². The van der Waals surface area contributed by atoms with Crippen molar-refractivity contribution in [2.45, 2.75) is 46.1 Å². The van der Waals surface area contributed by atoms with E-state index < -0.39 is 37.0 Å². The lowest BCUT2D eigenvalue weighted by atomic mass is 9.82. The average Bonchev–Trinajstić information content (AvgIpc) is 2.41. The molecule has 0 aromatic heterocycles. The van der Waals surface area contributed by atoms with Gasteiger partial charge in [-0.1, -0.05) is 13.8 Å². The third-order valence-electron chi connectivity index (χ3n) is 3.78. The Labute approximate surface area is 129 Å². The Hall–Kier alpha value is -1.67. The molecule has 5 atom stereocenters. The van der Waals surface area contributed by atoms with Gasteiger partial charge in [-0.3, -0.25) is 9.59 Å². The Bertz CT molecular complexity index is 423. The van der Waals surface area contributed by atoms with E-state index in [0.29, 0.717) is 0 Å². The van der Waals surface area contributed by atoms with Crippen LogP contribution < -0.4 is 5.32 Å². The zero-order chi connectivity index (χ0) is 16.9. The van der Waals surface area contributed by atoms with Crippen molar-refractivity contribution in [1.29, 1.82) is 0 Å². The molecule has 1 aliphatic rings. The van der Waals surface area contributed by atoms with Crippen LogP contribution in [-0.4, -0.2) is 54.6 Å². The average molecular weight is 317 g/mol. The number of nitrogens with one attached hydrogen (secondary N) is 1. The largest absolute Gasteiger partial charge is 0.480 e.